The van der Waals surface area contributed by atoms with Crippen molar-refractivity contribution < 1.29 is 4.21 Å². The predicted octanol–water partition coefficient (Wildman–Crippen LogP) is 1.40. The van der Waals surface area contributed by atoms with E-state index in [1.165, 1.54) is 11.1 Å². The predicted molar refractivity (Wildman–Crippen MR) is 81.8 cm³/mol. The molecule has 0 spiro atoms. The molecule has 0 bridgehead atoms. The van der Waals surface area contributed by atoms with E-state index in [0.29, 0.717) is 0 Å². The minimum Gasteiger partial charge on any atom is -0.317 e. The standard InChI is InChI=1S/C15H24N2OS/c1-2-16-8-7-14-3-5-15(6-4-14)13-17-9-11-19(18)12-10-17/h3-6,16H,2,7-13H2,1H3. The van der Waals surface area contributed by atoms with Crippen LogP contribution in [0.4, 0.5) is 0 Å². The molecule has 1 N–H and O–H groups in total. The van der Waals surface area contributed by atoms with Crippen molar-refractivity contribution in [3.05, 3.63) is 35.4 Å². The maximum absolute atomic E-state index is 11.3. The highest BCUT2D eigenvalue weighted by Crippen LogP contribution is 2.10. The van der Waals surface area contributed by atoms with Crippen LogP contribution in [0.3, 0.4) is 0 Å². The van der Waals surface area contributed by atoms with E-state index in [1.807, 2.05) is 0 Å². The Labute approximate surface area is 118 Å². The summed E-state index contributed by atoms with van der Waals surface area (Å²) in [6.45, 7) is 7.14. The quantitative estimate of drug-likeness (QED) is 0.800. The molecule has 19 heavy (non-hydrogen) atoms. The highest BCUT2D eigenvalue weighted by molar-refractivity contribution is 7.85. The van der Waals surface area contributed by atoms with Gasteiger partial charge < -0.3 is 5.32 Å². The Hall–Kier alpha value is -0.710. The summed E-state index contributed by atoms with van der Waals surface area (Å²) in [4.78, 5) is 2.40. The SMILES string of the molecule is CCNCCc1ccc(CN2CCS(=O)CC2)cc1. The first kappa shape index (κ1) is 14.7. The molecule has 4 heteroatoms. The van der Waals surface area contributed by atoms with E-state index in [4.69, 9.17) is 0 Å². The molecule has 1 saturated heterocycles. The van der Waals surface area contributed by atoms with Crippen LogP contribution in [0.1, 0.15) is 18.1 Å². The van der Waals surface area contributed by atoms with Crippen molar-refractivity contribution in [2.24, 2.45) is 0 Å². The lowest BCUT2D eigenvalue weighted by molar-refractivity contribution is 0.291. The summed E-state index contributed by atoms with van der Waals surface area (Å²) in [6, 6.07) is 8.92. The first-order valence-corrected chi connectivity index (χ1v) is 8.62. The molecule has 2 rings (SSSR count). The van der Waals surface area contributed by atoms with Crippen molar-refractivity contribution in [2.75, 3.05) is 37.7 Å². The van der Waals surface area contributed by atoms with Gasteiger partial charge in [0.1, 0.15) is 0 Å². The zero-order valence-corrected chi connectivity index (χ0v) is 12.5. The average molecular weight is 280 g/mol. The average Bonchev–Trinajstić information content (AvgIpc) is 2.44. The van der Waals surface area contributed by atoms with Crippen molar-refractivity contribution in [3.63, 3.8) is 0 Å². The topological polar surface area (TPSA) is 32.3 Å². The van der Waals surface area contributed by atoms with Gasteiger partial charge in [-0.3, -0.25) is 9.11 Å². The molecule has 0 saturated carbocycles. The molecular weight excluding hydrogens is 256 g/mol. The maximum atomic E-state index is 11.3. The van der Waals surface area contributed by atoms with Crippen LogP contribution in [0, 0.1) is 0 Å². The van der Waals surface area contributed by atoms with Gasteiger partial charge in [-0.1, -0.05) is 31.2 Å². The van der Waals surface area contributed by atoms with Gasteiger partial charge in [0.05, 0.1) is 0 Å². The molecule has 0 aromatic heterocycles. The van der Waals surface area contributed by atoms with Crippen LogP contribution >= 0.6 is 0 Å². The Morgan fingerprint density at radius 1 is 1.16 bits per heavy atom. The second kappa shape index (κ2) is 7.78. The zero-order valence-electron chi connectivity index (χ0n) is 11.7. The van der Waals surface area contributed by atoms with Crippen molar-refractivity contribution >= 4 is 10.8 Å². The summed E-state index contributed by atoms with van der Waals surface area (Å²) in [6.07, 6.45) is 1.09. The smallest absolute Gasteiger partial charge is 0.0363 e. The van der Waals surface area contributed by atoms with Crippen LogP contribution in [0.15, 0.2) is 24.3 Å². The van der Waals surface area contributed by atoms with Crippen molar-refractivity contribution in [1.82, 2.24) is 10.2 Å². The molecule has 0 atom stereocenters. The first-order valence-electron chi connectivity index (χ1n) is 7.14. The van der Waals surface area contributed by atoms with Crippen LogP contribution in [-0.2, 0) is 23.8 Å². The van der Waals surface area contributed by atoms with Crippen LogP contribution in [0.5, 0.6) is 0 Å². The Morgan fingerprint density at radius 3 is 2.42 bits per heavy atom. The van der Waals surface area contributed by atoms with E-state index >= 15 is 0 Å². The minimum absolute atomic E-state index is 0.576. The summed E-state index contributed by atoms with van der Waals surface area (Å²) < 4.78 is 11.3. The van der Waals surface area contributed by atoms with Crippen LogP contribution in [0.25, 0.3) is 0 Å². The summed E-state index contributed by atoms with van der Waals surface area (Å²) >= 11 is 0. The molecule has 1 aliphatic rings. The van der Waals surface area contributed by atoms with Gasteiger partial charge >= 0.3 is 0 Å². The number of rotatable bonds is 6. The molecule has 1 aromatic carbocycles. The van der Waals surface area contributed by atoms with Gasteiger partial charge in [-0.05, 0) is 30.6 Å². The molecule has 1 fully saturated rings. The number of nitrogens with one attached hydrogen (secondary N) is 1. The molecule has 0 unspecified atom stereocenters. The summed E-state index contributed by atoms with van der Waals surface area (Å²) in [5.41, 5.74) is 2.75. The minimum atomic E-state index is -0.576. The largest absolute Gasteiger partial charge is 0.317 e. The molecule has 0 amide bonds. The molecule has 3 nitrogen and oxygen atoms in total. The highest BCUT2D eigenvalue weighted by Gasteiger charge is 2.14. The van der Waals surface area contributed by atoms with E-state index in [-0.39, 0.29) is 0 Å². The maximum Gasteiger partial charge on any atom is 0.0363 e. The normalized spacial score (nSPS) is 17.7. The number of hydrogen-bond donors (Lipinski definition) is 1. The van der Waals surface area contributed by atoms with Crippen LogP contribution in [-0.4, -0.2) is 46.8 Å². The third kappa shape index (κ3) is 5.05. The second-order valence-electron chi connectivity index (χ2n) is 5.04. The van der Waals surface area contributed by atoms with Crippen LogP contribution < -0.4 is 5.32 Å². The van der Waals surface area contributed by atoms with Gasteiger partial charge in [-0.25, -0.2) is 0 Å². The Kier molecular flexibility index (Phi) is 6.01. The third-order valence-corrected chi connectivity index (χ3v) is 4.82. The summed E-state index contributed by atoms with van der Waals surface area (Å²) in [7, 11) is -0.576. The van der Waals surface area contributed by atoms with Gasteiger partial charge in [0.25, 0.3) is 0 Å². The molecule has 1 aromatic rings. The van der Waals surface area contributed by atoms with E-state index < -0.39 is 10.8 Å². The first-order chi connectivity index (χ1) is 9.28. The third-order valence-electron chi connectivity index (χ3n) is 3.54. The number of benzene rings is 1. The van der Waals surface area contributed by atoms with E-state index in [0.717, 1.165) is 50.7 Å². The van der Waals surface area contributed by atoms with Gasteiger partial charge in [-0.15, -0.1) is 0 Å². The molecule has 0 radical (unpaired) electrons. The Morgan fingerprint density at radius 2 is 1.79 bits per heavy atom. The Balaban J connectivity index is 1.79. The van der Waals surface area contributed by atoms with Crippen LogP contribution in [0.2, 0.25) is 0 Å². The molecule has 1 heterocycles. The van der Waals surface area contributed by atoms with Gasteiger partial charge in [-0.2, -0.15) is 0 Å². The monoisotopic (exact) mass is 280 g/mol. The fourth-order valence-corrected chi connectivity index (χ4v) is 3.44. The highest BCUT2D eigenvalue weighted by atomic mass is 32.2. The second-order valence-corrected chi connectivity index (χ2v) is 6.74. The van der Waals surface area contributed by atoms with Gasteiger partial charge in [0, 0.05) is 41.9 Å². The van der Waals surface area contributed by atoms with Crippen molar-refractivity contribution in [1.29, 1.82) is 0 Å². The van der Waals surface area contributed by atoms with E-state index in [2.05, 4.69) is 41.4 Å². The Bertz CT molecular complexity index is 395. The molecule has 0 aliphatic carbocycles. The molecule has 1 aliphatic heterocycles. The lowest BCUT2D eigenvalue weighted by atomic mass is 10.1. The van der Waals surface area contributed by atoms with Gasteiger partial charge in [0.2, 0.25) is 0 Å². The van der Waals surface area contributed by atoms with Crippen molar-refractivity contribution in [2.45, 2.75) is 19.9 Å². The lowest BCUT2D eigenvalue weighted by Crippen LogP contribution is -2.37. The molecular formula is C15H24N2OS. The number of nitrogens with zero attached hydrogens (tertiary/aromatic N) is 1. The fourth-order valence-electron chi connectivity index (χ4n) is 2.31. The molecule has 106 valence electrons. The summed E-state index contributed by atoms with van der Waals surface area (Å²) in [5.74, 6) is 1.67. The number of hydrogen-bond acceptors (Lipinski definition) is 3. The van der Waals surface area contributed by atoms with E-state index in [1.54, 1.807) is 0 Å². The fraction of sp³-hybridized carbons (Fsp3) is 0.600. The van der Waals surface area contributed by atoms with Gasteiger partial charge in [0.15, 0.2) is 0 Å². The van der Waals surface area contributed by atoms with E-state index in [9.17, 15) is 4.21 Å². The summed E-state index contributed by atoms with van der Waals surface area (Å²) in [5, 5.41) is 3.34. The van der Waals surface area contributed by atoms with Crippen molar-refractivity contribution in [3.8, 4) is 0 Å². The number of likely N-dealkylation sites (N-methyl/N-ethyl adjacent to an activating group) is 1. The zero-order chi connectivity index (χ0) is 13.5. The lowest BCUT2D eigenvalue weighted by Gasteiger charge is -2.26.